The molecule has 0 unspecified atom stereocenters. The van der Waals surface area contributed by atoms with Gasteiger partial charge in [0.05, 0.1) is 12.0 Å². The summed E-state index contributed by atoms with van der Waals surface area (Å²) in [5.41, 5.74) is 6.80. The molecule has 158 valence electrons. The Balaban J connectivity index is 0.000000418. The van der Waals surface area contributed by atoms with Crippen molar-refractivity contribution in [1.29, 1.82) is 0 Å². The lowest BCUT2D eigenvalue weighted by molar-refractivity contribution is 0.0296. The Morgan fingerprint density at radius 1 is 0.677 bits per heavy atom. The Hall–Kier alpha value is -3.28. The first-order valence-corrected chi connectivity index (χ1v) is 10.1. The van der Waals surface area contributed by atoms with Gasteiger partial charge in [-0.2, -0.15) is 0 Å². The van der Waals surface area contributed by atoms with Crippen LogP contribution in [-0.4, -0.2) is 13.9 Å². The van der Waals surface area contributed by atoms with E-state index in [1.165, 1.54) is 39.3 Å². The number of hydrogen-bond acceptors (Lipinski definition) is 0. The summed E-state index contributed by atoms with van der Waals surface area (Å²) in [5, 5.41) is 0. The van der Waals surface area contributed by atoms with E-state index in [0.29, 0.717) is 0 Å². The largest absolute Gasteiger partial charge is 0.673 e. The third-order valence-corrected chi connectivity index (χ3v) is 5.32. The molecule has 0 atom stereocenters. The van der Waals surface area contributed by atoms with Gasteiger partial charge in [0.15, 0.2) is 0 Å². The second kappa shape index (κ2) is 8.84. The van der Waals surface area contributed by atoms with Crippen molar-refractivity contribution in [3.8, 4) is 5.75 Å². The highest BCUT2D eigenvalue weighted by atomic mass is 19.5. The van der Waals surface area contributed by atoms with Crippen molar-refractivity contribution in [3.05, 3.63) is 113 Å². The number of para-hydroxylation sites is 1. The zero-order valence-corrected chi connectivity index (χ0v) is 16.8. The molecule has 3 aromatic carbocycles. The normalized spacial score (nSPS) is 15.4. The predicted octanol–water partition coefficient (Wildman–Crippen LogP) is 7.71. The molecule has 6 heteroatoms. The Morgan fingerprint density at radius 3 is 1.94 bits per heavy atom. The zero-order chi connectivity index (χ0) is 21.8. The summed E-state index contributed by atoms with van der Waals surface area (Å²) in [6.07, 6.45) is 4.55. The fraction of sp³-hybridized carbons (Fsp3) is 0.120. The molecule has 0 amide bonds. The molecule has 0 bridgehead atoms. The molecule has 1 aliphatic heterocycles. The van der Waals surface area contributed by atoms with Crippen molar-refractivity contribution < 1.29 is 21.6 Å². The molecule has 0 fully saturated rings. The smallest absolute Gasteiger partial charge is 0.535 e. The van der Waals surface area contributed by atoms with Gasteiger partial charge < -0.3 is 21.6 Å². The second-order valence-corrected chi connectivity index (χ2v) is 7.37. The van der Waals surface area contributed by atoms with Gasteiger partial charge in [-0.3, -0.25) is 0 Å². The topological polar surface area (TPSA) is 2.70 Å². The molecule has 2 aliphatic rings. The number of benzene rings is 3. The summed E-state index contributed by atoms with van der Waals surface area (Å²) in [5.74, 6) is 2.57. The predicted molar refractivity (Wildman–Crippen MR) is 118 cm³/mol. The Morgan fingerprint density at radius 2 is 1.26 bits per heavy atom. The van der Waals surface area contributed by atoms with Gasteiger partial charge in [-0.25, -0.2) is 0 Å². The van der Waals surface area contributed by atoms with Crippen LogP contribution in [0.15, 0.2) is 96.8 Å². The van der Waals surface area contributed by atoms with E-state index < -0.39 is 7.25 Å². The molecule has 3 aromatic rings. The average Bonchev–Trinajstić information content (AvgIpc) is 2.78. The fourth-order valence-electron chi connectivity index (χ4n) is 4.04. The van der Waals surface area contributed by atoms with Gasteiger partial charge in [0.1, 0.15) is 0 Å². The average molecular weight is 424 g/mol. The van der Waals surface area contributed by atoms with Crippen molar-refractivity contribution >= 4 is 18.4 Å². The molecule has 1 aliphatic carbocycles. The van der Waals surface area contributed by atoms with E-state index in [9.17, 15) is 17.3 Å². The van der Waals surface area contributed by atoms with Crippen LogP contribution in [0.5, 0.6) is 5.75 Å². The number of rotatable bonds is 2. The van der Waals surface area contributed by atoms with Crippen molar-refractivity contribution in [2.75, 3.05) is 6.61 Å². The van der Waals surface area contributed by atoms with Crippen LogP contribution in [0, 0.1) is 0 Å². The minimum absolute atomic E-state index is 0.842. The minimum atomic E-state index is -6.00. The van der Waals surface area contributed by atoms with E-state index in [2.05, 4.69) is 95.4 Å². The van der Waals surface area contributed by atoms with E-state index in [4.69, 9.17) is 0 Å². The van der Waals surface area contributed by atoms with Crippen LogP contribution in [0.25, 0.3) is 11.1 Å². The molecule has 0 spiro atoms. The number of halogens is 4. The molecular weight excluding hydrogens is 403 g/mol. The number of allylic oxidation sites excluding steroid dienone is 3. The van der Waals surface area contributed by atoms with Gasteiger partial charge in [-0.15, -0.1) is 0 Å². The van der Waals surface area contributed by atoms with Gasteiger partial charge in [0.25, 0.3) is 5.75 Å². The third kappa shape index (κ3) is 5.08. The highest BCUT2D eigenvalue weighted by molar-refractivity contribution is 6.50. The minimum Gasteiger partial charge on any atom is -0.535 e. The van der Waals surface area contributed by atoms with Crippen LogP contribution in [0.2, 0.25) is 0 Å². The maximum atomic E-state index is 9.75. The van der Waals surface area contributed by atoms with Gasteiger partial charge in [0.2, 0.25) is 12.4 Å². The van der Waals surface area contributed by atoms with Crippen LogP contribution >= 0.6 is 0 Å². The SMILES string of the molecule is C1=C(c2ccccc2)C[O+](c2ccccc2)C2=C1c1ccccc1CC2.F[B-](F)(F)F. The lowest BCUT2D eigenvalue weighted by Crippen LogP contribution is -2.20. The highest BCUT2D eigenvalue weighted by Gasteiger charge is 2.33. The van der Waals surface area contributed by atoms with Gasteiger partial charge >= 0.3 is 7.25 Å². The maximum Gasteiger partial charge on any atom is 0.673 e. The molecule has 5 rings (SSSR count). The van der Waals surface area contributed by atoms with Crippen LogP contribution in [0.3, 0.4) is 0 Å². The van der Waals surface area contributed by atoms with E-state index in [1.54, 1.807) is 0 Å². The summed E-state index contributed by atoms with van der Waals surface area (Å²) in [6.45, 7) is 0.842. The number of aryl methyl sites for hydroxylation is 1. The van der Waals surface area contributed by atoms with Crippen LogP contribution in [-0.2, 0) is 10.8 Å². The van der Waals surface area contributed by atoms with E-state index in [-0.39, 0.29) is 0 Å². The number of hydrogen-bond donors (Lipinski definition) is 0. The monoisotopic (exact) mass is 424 g/mol. The number of fused-ring (bicyclic) bond motifs is 2. The molecular formula is C25H21BF4O. The van der Waals surface area contributed by atoms with E-state index in [1.807, 2.05) is 0 Å². The van der Waals surface area contributed by atoms with Crippen molar-refractivity contribution in [2.45, 2.75) is 12.8 Å². The van der Waals surface area contributed by atoms with Crippen LogP contribution in [0.4, 0.5) is 17.3 Å². The molecule has 0 N–H and O–H groups in total. The van der Waals surface area contributed by atoms with Gasteiger partial charge in [-0.1, -0.05) is 72.8 Å². The summed E-state index contributed by atoms with van der Waals surface area (Å²) >= 11 is 0. The zero-order valence-electron chi connectivity index (χ0n) is 16.8. The summed E-state index contributed by atoms with van der Waals surface area (Å²) in [4.78, 5) is 0. The van der Waals surface area contributed by atoms with Gasteiger partial charge in [-0.05, 0) is 29.2 Å². The fourth-order valence-corrected chi connectivity index (χ4v) is 4.04. The standard InChI is InChI=1S/C25H21O.BF4/c1-3-9-19(10-4-1)21-17-24-23-14-8-7-11-20(23)15-16-25(24)26(18-21)22-12-5-2-6-13-22;2-1(3,4)5/h1-14,17H,15-16,18H2;/q+1;-1. The summed E-state index contributed by atoms with van der Waals surface area (Å²) < 4.78 is 42.5. The lowest BCUT2D eigenvalue weighted by Gasteiger charge is -2.34. The van der Waals surface area contributed by atoms with Crippen LogP contribution in [0.1, 0.15) is 23.1 Å². The maximum absolute atomic E-state index is 9.75. The third-order valence-electron chi connectivity index (χ3n) is 5.32. The molecule has 0 radical (unpaired) electrons. The first kappa shape index (κ1) is 21.0. The second-order valence-electron chi connectivity index (χ2n) is 7.37. The van der Waals surface area contributed by atoms with Crippen molar-refractivity contribution in [1.82, 2.24) is 0 Å². The first-order chi connectivity index (χ1) is 14.9. The Bertz CT molecular complexity index is 1100. The molecule has 1 nitrogen and oxygen atoms in total. The Kier molecular flexibility index (Phi) is 5.98. The molecule has 0 saturated heterocycles. The van der Waals surface area contributed by atoms with Crippen LogP contribution < -0.4 is 0 Å². The molecule has 0 saturated carbocycles. The summed E-state index contributed by atoms with van der Waals surface area (Å²) in [6, 6.07) is 30.2. The van der Waals surface area contributed by atoms with Gasteiger partial charge in [0, 0.05) is 17.7 Å². The van der Waals surface area contributed by atoms with E-state index >= 15 is 0 Å². The Labute approximate surface area is 179 Å². The molecule has 0 aromatic heterocycles. The summed E-state index contributed by atoms with van der Waals surface area (Å²) in [7, 11) is -6.00. The van der Waals surface area contributed by atoms with Crippen molar-refractivity contribution in [2.24, 2.45) is 0 Å². The van der Waals surface area contributed by atoms with Crippen molar-refractivity contribution in [3.63, 3.8) is 0 Å². The quantitative estimate of drug-likeness (QED) is 0.225. The lowest BCUT2D eigenvalue weighted by atomic mass is 9.86. The highest BCUT2D eigenvalue weighted by Crippen LogP contribution is 2.46. The van der Waals surface area contributed by atoms with E-state index in [0.717, 1.165) is 19.4 Å². The molecule has 1 heterocycles. The molecule has 31 heavy (non-hydrogen) atoms. The first-order valence-electron chi connectivity index (χ1n) is 10.1.